The summed E-state index contributed by atoms with van der Waals surface area (Å²) in [7, 11) is 0. The van der Waals surface area contributed by atoms with Gasteiger partial charge < -0.3 is 0 Å². The fraction of sp³-hybridized carbons (Fsp3) is 0.292. The van der Waals surface area contributed by atoms with Crippen LogP contribution in [0.5, 0.6) is 0 Å². The van der Waals surface area contributed by atoms with Crippen molar-refractivity contribution in [2.75, 3.05) is 5.33 Å². The highest BCUT2D eigenvalue weighted by molar-refractivity contribution is 9.09. The van der Waals surface area contributed by atoms with Crippen LogP contribution in [0.2, 0.25) is 0 Å². The van der Waals surface area contributed by atoms with E-state index in [0.717, 1.165) is 17.3 Å². The van der Waals surface area contributed by atoms with Gasteiger partial charge in [0, 0.05) is 10.9 Å². The van der Waals surface area contributed by atoms with Crippen molar-refractivity contribution >= 4 is 21.5 Å². The van der Waals surface area contributed by atoms with Crippen molar-refractivity contribution < 1.29 is 0 Å². The van der Waals surface area contributed by atoms with Gasteiger partial charge in [0.15, 0.2) is 0 Å². The van der Waals surface area contributed by atoms with E-state index in [-0.39, 0.29) is 0 Å². The predicted molar refractivity (Wildman–Crippen MR) is 115 cm³/mol. The molecule has 1 aromatic carbocycles. The second-order valence-electron chi connectivity index (χ2n) is 6.43. The minimum atomic E-state index is 0.552. The van der Waals surface area contributed by atoms with Crippen LogP contribution in [0.4, 0.5) is 0 Å². The summed E-state index contributed by atoms with van der Waals surface area (Å²) >= 11 is 3.41. The van der Waals surface area contributed by atoms with Crippen molar-refractivity contribution in [2.24, 2.45) is 0 Å². The van der Waals surface area contributed by atoms with Gasteiger partial charge in [-0.15, -0.1) is 5.73 Å². The largest absolute Gasteiger partial charge is 0.109 e. The summed E-state index contributed by atoms with van der Waals surface area (Å²) in [5, 5.41) is 0.874. The Morgan fingerprint density at radius 2 is 2.04 bits per heavy atom. The number of rotatable bonds is 6. The lowest BCUT2D eigenvalue weighted by molar-refractivity contribution is 0.731. The van der Waals surface area contributed by atoms with Gasteiger partial charge in [-0.05, 0) is 60.1 Å². The van der Waals surface area contributed by atoms with Gasteiger partial charge in [-0.1, -0.05) is 84.4 Å². The van der Waals surface area contributed by atoms with Crippen LogP contribution >= 0.6 is 15.9 Å². The summed E-state index contributed by atoms with van der Waals surface area (Å²) in [6, 6.07) is 8.76. The molecule has 0 spiro atoms. The van der Waals surface area contributed by atoms with Crippen molar-refractivity contribution in [1.29, 1.82) is 0 Å². The molecule has 1 aliphatic carbocycles. The molecule has 0 amide bonds. The lowest BCUT2D eigenvalue weighted by Gasteiger charge is -2.17. The molecule has 0 bridgehead atoms. The molecule has 1 unspecified atom stereocenters. The Balaban J connectivity index is 2.48. The maximum Gasteiger partial charge on any atom is 0.0215 e. The van der Waals surface area contributed by atoms with E-state index in [1.165, 1.54) is 27.8 Å². The minimum Gasteiger partial charge on any atom is -0.109 e. The van der Waals surface area contributed by atoms with Crippen LogP contribution < -0.4 is 0 Å². The van der Waals surface area contributed by atoms with Gasteiger partial charge in [-0.3, -0.25) is 0 Å². The highest BCUT2D eigenvalue weighted by Gasteiger charge is 2.13. The Morgan fingerprint density at radius 1 is 1.28 bits per heavy atom. The van der Waals surface area contributed by atoms with Crippen molar-refractivity contribution in [2.45, 2.75) is 40.0 Å². The monoisotopic (exact) mass is 394 g/mol. The maximum absolute atomic E-state index is 3.60. The Bertz CT molecular complexity index is 793. The molecule has 0 saturated heterocycles. The van der Waals surface area contributed by atoms with Crippen LogP contribution in [0.1, 0.15) is 51.2 Å². The number of hydrogen-bond acceptors (Lipinski definition) is 0. The molecule has 1 aliphatic rings. The number of halogens is 1. The third-order valence-electron chi connectivity index (χ3n) is 4.64. The molecular weight excluding hydrogens is 368 g/mol. The molecule has 0 heterocycles. The molecule has 0 fully saturated rings. The molecule has 0 aliphatic heterocycles. The van der Waals surface area contributed by atoms with Crippen LogP contribution in [0, 0.1) is 0 Å². The average Bonchev–Trinajstić information content (AvgIpc) is 2.82. The van der Waals surface area contributed by atoms with Crippen molar-refractivity contribution in [3.05, 3.63) is 94.3 Å². The van der Waals surface area contributed by atoms with Crippen molar-refractivity contribution in [3.8, 4) is 0 Å². The van der Waals surface area contributed by atoms with Crippen LogP contribution in [-0.2, 0) is 0 Å². The quantitative estimate of drug-likeness (QED) is 0.265. The fourth-order valence-electron chi connectivity index (χ4n) is 2.94. The number of allylic oxidation sites excluding steroid dienone is 9. The average molecular weight is 395 g/mol. The SMILES string of the molecule is CCC(C)c1ccccc1C1=CC=CC(/C(C)=C/C=C\CBr)=C=C1C. The first-order chi connectivity index (χ1) is 12.1. The molecular formula is C24H27Br. The van der Waals surface area contributed by atoms with Gasteiger partial charge in [-0.2, -0.15) is 0 Å². The van der Waals surface area contributed by atoms with Crippen LogP contribution in [0.3, 0.4) is 0 Å². The summed E-state index contributed by atoms with van der Waals surface area (Å²) in [5.74, 6) is 0.552. The Hall–Kier alpha value is -1.82. The summed E-state index contributed by atoms with van der Waals surface area (Å²) < 4.78 is 0. The molecule has 1 aromatic rings. The molecule has 1 heteroatoms. The Morgan fingerprint density at radius 3 is 2.76 bits per heavy atom. The molecule has 0 radical (unpaired) electrons. The molecule has 0 aromatic heterocycles. The number of hydrogen-bond donors (Lipinski definition) is 0. The zero-order valence-corrected chi connectivity index (χ0v) is 17.2. The Kier molecular flexibility index (Phi) is 7.50. The molecule has 2 rings (SSSR count). The van der Waals surface area contributed by atoms with Gasteiger partial charge in [0.05, 0.1) is 0 Å². The summed E-state index contributed by atoms with van der Waals surface area (Å²) in [5.41, 5.74) is 11.2. The molecule has 0 nitrogen and oxygen atoms in total. The van der Waals surface area contributed by atoms with Crippen molar-refractivity contribution in [3.63, 3.8) is 0 Å². The van der Waals surface area contributed by atoms with Crippen LogP contribution in [0.15, 0.2) is 83.2 Å². The second kappa shape index (κ2) is 9.61. The third-order valence-corrected chi connectivity index (χ3v) is 5.02. The zero-order valence-electron chi connectivity index (χ0n) is 15.6. The van der Waals surface area contributed by atoms with Gasteiger partial charge in [0.25, 0.3) is 0 Å². The summed E-state index contributed by atoms with van der Waals surface area (Å²) in [6.07, 6.45) is 14.0. The van der Waals surface area contributed by atoms with Crippen LogP contribution in [-0.4, -0.2) is 5.33 Å². The lowest BCUT2D eigenvalue weighted by atomic mass is 9.87. The lowest BCUT2D eigenvalue weighted by Crippen LogP contribution is -1.98. The smallest absolute Gasteiger partial charge is 0.0215 e. The topological polar surface area (TPSA) is 0 Å². The van der Waals surface area contributed by atoms with Gasteiger partial charge in [0.1, 0.15) is 0 Å². The van der Waals surface area contributed by atoms with E-state index >= 15 is 0 Å². The molecule has 1 atom stereocenters. The van der Waals surface area contributed by atoms with E-state index in [4.69, 9.17) is 0 Å². The Labute approximate surface area is 161 Å². The van der Waals surface area contributed by atoms with Gasteiger partial charge >= 0.3 is 0 Å². The highest BCUT2D eigenvalue weighted by Crippen LogP contribution is 2.32. The first kappa shape index (κ1) is 19.5. The standard InChI is InChI=1S/C24H27Br/c1-5-18(2)22-13-6-7-14-24(22)23-15-10-12-21(17-20(23)4)19(3)11-8-9-16-25/h6-15,18H,5,16H2,1-4H3/b9-8-,19-11+. The molecule has 25 heavy (non-hydrogen) atoms. The first-order valence-electron chi connectivity index (χ1n) is 8.93. The predicted octanol–water partition coefficient (Wildman–Crippen LogP) is 7.52. The molecule has 0 saturated carbocycles. The maximum atomic E-state index is 3.60. The number of alkyl halides is 1. The zero-order chi connectivity index (χ0) is 18.2. The number of benzene rings is 1. The second-order valence-corrected chi connectivity index (χ2v) is 7.08. The highest BCUT2D eigenvalue weighted by atomic mass is 79.9. The van der Waals surface area contributed by atoms with Crippen LogP contribution in [0.25, 0.3) is 5.57 Å². The van der Waals surface area contributed by atoms with E-state index < -0.39 is 0 Å². The first-order valence-corrected chi connectivity index (χ1v) is 10.1. The summed E-state index contributed by atoms with van der Waals surface area (Å²) in [4.78, 5) is 0. The van der Waals surface area contributed by atoms with E-state index in [0.29, 0.717) is 5.92 Å². The minimum absolute atomic E-state index is 0.552. The molecule has 0 N–H and O–H groups in total. The van der Waals surface area contributed by atoms with Gasteiger partial charge in [0.2, 0.25) is 0 Å². The van der Waals surface area contributed by atoms with Crippen molar-refractivity contribution in [1.82, 2.24) is 0 Å². The van der Waals surface area contributed by atoms with E-state index in [1.54, 1.807) is 0 Å². The van der Waals surface area contributed by atoms with Gasteiger partial charge in [-0.25, -0.2) is 0 Å². The molecule has 130 valence electrons. The normalized spacial score (nSPS) is 16.4. The van der Waals surface area contributed by atoms with E-state index in [2.05, 4.69) is 110 Å². The van der Waals surface area contributed by atoms with E-state index in [9.17, 15) is 0 Å². The third kappa shape index (κ3) is 5.08. The fourth-order valence-corrected chi connectivity index (χ4v) is 3.16. The summed E-state index contributed by atoms with van der Waals surface area (Å²) in [6.45, 7) is 8.85. The van der Waals surface area contributed by atoms with E-state index in [1.807, 2.05) is 0 Å².